The van der Waals surface area contributed by atoms with Gasteiger partial charge in [-0.2, -0.15) is 13.2 Å². The number of hydrogen-bond donors (Lipinski definition) is 1. The van der Waals surface area contributed by atoms with Gasteiger partial charge in [-0.1, -0.05) is 24.3 Å². The molecule has 0 spiro atoms. The summed E-state index contributed by atoms with van der Waals surface area (Å²) in [6.45, 7) is 5.06. The molecule has 3 aromatic rings. The van der Waals surface area contributed by atoms with Crippen molar-refractivity contribution in [3.05, 3.63) is 82.7 Å². The number of nitrogens with one attached hydrogen (secondary N) is 1. The molecule has 0 atom stereocenters. The molecule has 0 fully saturated rings. The molecule has 31 heavy (non-hydrogen) atoms. The van der Waals surface area contributed by atoms with Gasteiger partial charge in [-0.3, -0.25) is 4.79 Å². The third kappa shape index (κ3) is 4.47. The lowest BCUT2D eigenvalue weighted by Gasteiger charge is -2.17. The maximum Gasteiger partial charge on any atom is 0.418 e. The fraction of sp³-hybridized carbons (Fsp3) is 0.217. The number of aryl methyl sites for hydroxylation is 1. The highest BCUT2D eigenvalue weighted by atomic mass is 19.4. The first-order valence-corrected chi connectivity index (χ1v) is 9.58. The summed E-state index contributed by atoms with van der Waals surface area (Å²) in [5.41, 5.74) is 0.610. The minimum Gasteiger partial charge on any atom is -0.462 e. The van der Waals surface area contributed by atoms with E-state index in [0.29, 0.717) is 11.4 Å². The molecule has 0 saturated heterocycles. The van der Waals surface area contributed by atoms with Gasteiger partial charge in [0.1, 0.15) is 0 Å². The first-order valence-electron chi connectivity index (χ1n) is 9.58. The molecule has 0 radical (unpaired) electrons. The number of anilines is 1. The van der Waals surface area contributed by atoms with Gasteiger partial charge in [0.05, 0.1) is 34.7 Å². The largest absolute Gasteiger partial charge is 0.462 e. The van der Waals surface area contributed by atoms with Crippen LogP contribution in [0.25, 0.3) is 5.69 Å². The van der Waals surface area contributed by atoms with Crippen molar-refractivity contribution in [2.45, 2.75) is 26.9 Å². The van der Waals surface area contributed by atoms with E-state index in [4.69, 9.17) is 4.74 Å². The summed E-state index contributed by atoms with van der Waals surface area (Å²) in [5, 5.41) is 2.67. The number of esters is 1. The maximum absolute atomic E-state index is 13.5. The van der Waals surface area contributed by atoms with E-state index < -0.39 is 23.6 Å². The zero-order valence-electron chi connectivity index (χ0n) is 17.2. The van der Waals surface area contributed by atoms with Crippen molar-refractivity contribution in [1.29, 1.82) is 0 Å². The van der Waals surface area contributed by atoms with Crippen molar-refractivity contribution in [2.75, 3.05) is 11.9 Å². The molecular formula is C23H21F3N2O3. The van der Waals surface area contributed by atoms with Crippen LogP contribution in [-0.4, -0.2) is 23.1 Å². The molecule has 1 N–H and O–H groups in total. The summed E-state index contributed by atoms with van der Waals surface area (Å²) >= 11 is 0. The molecule has 0 saturated carbocycles. The zero-order chi connectivity index (χ0) is 22.8. The average Bonchev–Trinajstić information content (AvgIpc) is 3.02. The predicted octanol–water partition coefficient (Wildman–Crippen LogP) is 5.54. The second-order valence-electron chi connectivity index (χ2n) is 6.86. The number of carbonyl (C=O) groups is 2. The van der Waals surface area contributed by atoms with Gasteiger partial charge in [-0.05, 0) is 51.1 Å². The SMILES string of the molecule is CCOC(=O)c1ccccc1NC(=O)c1cc(C)n(-c2ccccc2C(F)(F)F)c1C. The normalized spacial score (nSPS) is 11.3. The van der Waals surface area contributed by atoms with Gasteiger partial charge in [0.15, 0.2) is 0 Å². The lowest BCUT2D eigenvalue weighted by Crippen LogP contribution is -2.17. The molecule has 5 nitrogen and oxygen atoms in total. The first-order chi connectivity index (χ1) is 14.6. The van der Waals surface area contributed by atoms with E-state index in [0.717, 1.165) is 6.07 Å². The third-order valence-electron chi connectivity index (χ3n) is 4.80. The van der Waals surface area contributed by atoms with Crippen LogP contribution in [-0.2, 0) is 10.9 Å². The van der Waals surface area contributed by atoms with Crippen molar-refractivity contribution in [1.82, 2.24) is 4.57 Å². The van der Waals surface area contributed by atoms with Gasteiger partial charge < -0.3 is 14.6 Å². The smallest absolute Gasteiger partial charge is 0.418 e. The van der Waals surface area contributed by atoms with Crippen LogP contribution < -0.4 is 5.32 Å². The molecule has 0 unspecified atom stereocenters. The Morgan fingerprint density at radius 3 is 2.32 bits per heavy atom. The molecular weight excluding hydrogens is 409 g/mol. The zero-order valence-corrected chi connectivity index (χ0v) is 17.2. The highest BCUT2D eigenvalue weighted by Crippen LogP contribution is 2.35. The number of para-hydroxylation sites is 2. The number of hydrogen-bond acceptors (Lipinski definition) is 3. The van der Waals surface area contributed by atoms with E-state index >= 15 is 0 Å². The van der Waals surface area contributed by atoms with E-state index in [2.05, 4.69) is 5.32 Å². The van der Waals surface area contributed by atoms with Gasteiger partial charge >= 0.3 is 12.1 Å². The fourth-order valence-electron chi connectivity index (χ4n) is 3.44. The molecule has 0 aliphatic carbocycles. The second kappa shape index (κ2) is 8.67. The van der Waals surface area contributed by atoms with Crippen LogP contribution in [0.2, 0.25) is 0 Å². The van der Waals surface area contributed by atoms with Crippen molar-refractivity contribution in [3.63, 3.8) is 0 Å². The Bertz CT molecular complexity index is 1130. The lowest BCUT2D eigenvalue weighted by atomic mass is 10.1. The fourth-order valence-corrected chi connectivity index (χ4v) is 3.44. The summed E-state index contributed by atoms with van der Waals surface area (Å²) in [4.78, 5) is 25.1. The molecule has 3 rings (SSSR count). The van der Waals surface area contributed by atoms with Crippen LogP contribution in [0.4, 0.5) is 18.9 Å². The Labute approximate surface area is 177 Å². The number of ether oxygens (including phenoxy) is 1. The summed E-state index contributed by atoms with van der Waals surface area (Å²) in [5.74, 6) is -1.12. The molecule has 162 valence electrons. The van der Waals surface area contributed by atoms with Crippen LogP contribution in [0.15, 0.2) is 54.6 Å². The van der Waals surface area contributed by atoms with E-state index in [1.165, 1.54) is 34.9 Å². The molecule has 2 aromatic carbocycles. The predicted molar refractivity (Wildman–Crippen MR) is 111 cm³/mol. The number of aromatic nitrogens is 1. The van der Waals surface area contributed by atoms with Crippen LogP contribution in [0, 0.1) is 13.8 Å². The Balaban J connectivity index is 2.00. The first kappa shape index (κ1) is 22.1. The van der Waals surface area contributed by atoms with Gasteiger partial charge in [0, 0.05) is 11.4 Å². The Kier molecular flexibility index (Phi) is 6.19. The average molecular weight is 430 g/mol. The Hall–Kier alpha value is -3.55. The minimum atomic E-state index is -4.54. The number of alkyl halides is 3. The van der Waals surface area contributed by atoms with Gasteiger partial charge in [-0.15, -0.1) is 0 Å². The monoisotopic (exact) mass is 430 g/mol. The molecule has 1 heterocycles. The molecule has 8 heteroatoms. The highest BCUT2D eigenvalue weighted by molar-refractivity contribution is 6.08. The number of carbonyl (C=O) groups excluding carboxylic acids is 2. The topological polar surface area (TPSA) is 60.3 Å². The van der Waals surface area contributed by atoms with Crippen LogP contribution >= 0.6 is 0 Å². The quantitative estimate of drug-likeness (QED) is 0.541. The standard InChI is InChI=1S/C23H21F3N2O3/c1-4-31-22(30)16-9-5-7-11-19(16)27-21(29)17-13-14(2)28(15(17)3)20-12-8-6-10-18(20)23(24,25)26/h5-13H,4H2,1-3H3,(H,27,29). The van der Waals surface area contributed by atoms with E-state index in [9.17, 15) is 22.8 Å². The number of halogens is 3. The van der Waals surface area contributed by atoms with E-state index in [1.807, 2.05) is 0 Å². The highest BCUT2D eigenvalue weighted by Gasteiger charge is 2.34. The van der Waals surface area contributed by atoms with Crippen LogP contribution in [0.5, 0.6) is 0 Å². The van der Waals surface area contributed by atoms with Crippen molar-refractivity contribution in [3.8, 4) is 5.69 Å². The summed E-state index contributed by atoms with van der Waals surface area (Å²) in [6.07, 6.45) is -4.54. The van der Waals surface area contributed by atoms with E-state index in [1.54, 1.807) is 39.0 Å². The Morgan fingerprint density at radius 1 is 1.00 bits per heavy atom. The molecule has 0 aliphatic heterocycles. The van der Waals surface area contributed by atoms with E-state index in [-0.39, 0.29) is 29.1 Å². The van der Waals surface area contributed by atoms with Crippen LogP contribution in [0.1, 0.15) is 44.6 Å². The summed E-state index contributed by atoms with van der Waals surface area (Å²) in [7, 11) is 0. The number of amides is 1. The molecule has 0 aliphatic rings. The molecule has 0 bridgehead atoms. The summed E-state index contributed by atoms with van der Waals surface area (Å²) < 4.78 is 46.9. The van der Waals surface area contributed by atoms with Crippen molar-refractivity contribution in [2.24, 2.45) is 0 Å². The second-order valence-corrected chi connectivity index (χ2v) is 6.86. The van der Waals surface area contributed by atoms with Crippen molar-refractivity contribution < 1.29 is 27.5 Å². The third-order valence-corrected chi connectivity index (χ3v) is 4.80. The number of nitrogens with zero attached hydrogens (tertiary/aromatic N) is 1. The maximum atomic E-state index is 13.5. The van der Waals surface area contributed by atoms with Gasteiger partial charge in [0.2, 0.25) is 0 Å². The van der Waals surface area contributed by atoms with Gasteiger partial charge in [0.25, 0.3) is 5.91 Å². The Morgan fingerprint density at radius 2 is 1.65 bits per heavy atom. The minimum absolute atomic E-state index is 0.0593. The number of rotatable bonds is 5. The van der Waals surface area contributed by atoms with Crippen LogP contribution in [0.3, 0.4) is 0 Å². The molecule has 1 amide bonds. The van der Waals surface area contributed by atoms with Gasteiger partial charge in [-0.25, -0.2) is 4.79 Å². The van der Waals surface area contributed by atoms with Crippen molar-refractivity contribution >= 4 is 17.6 Å². The number of benzene rings is 2. The molecule has 1 aromatic heterocycles. The summed E-state index contributed by atoms with van der Waals surface area (Å²) in [6, 6.07) is 13.1. The lowest BCUT2D eigenvalue weighted by molar-refractivity contribution is -0.137.